The van der Waals surface area contributed by atoms with E-state index < -0.39 is 0 Å². The molecular weight excluding hydrogens is 303 g/mol. The van der Waals surface area contributed by atoms with Gasteiger partial charge in [0.25, 0.3) is 5.91 Å². The molecule has 22 heavy (non-hydrogen) atoms. The van der Waals surface area contributed by atoms with Crippen LogP contribution < -0.4 is 10.6 Å². The van der Waals surface area contributed by atoms with E-state index in [0.29, 0.717) is 17.1 Å². The fraction of sp³-hybridized carbons (Fsp3) is 0.235. The standard InChI is InChI=1S/C17H18ClFN2O/c1-11(15-7-6-14(19)9-16(15)18)21-10-12-4-3-5-13(8-12)17(22)20-2/h3-9,11,21H,10H2,1-2H3,(H,20,22)/t11-/m0/s1. The lowest BCUT2D eigenvalue weighted by molar-refractivity contribution is 0.0963. The minimum Gasteiger partial charge on any atom is -0.355 e. The van der Waals surface area contributed by atoms with E-state index in [-0.39, 0.29) is 17.8 Å². The van der Waals surface area contributed by atoms with Crippen LogP contribution in [0, 0.1) is 5.82 Å². The van der Waals surface area contributed by atoms with Crippen molar-refractivity contribution >= 4 is 17.5 Å². The Morgan fingerprint density at radius 3 is 2.73 bits per heavy atom. The summed E-state index contributed by atoms with van der Waals surface area (Å²) in [5.41, 5.74) is 2.45. The van der Waals surface area contributed by atoms with Crippen molar-refractivity contribution in [3.63, 3.8) is 0 Å². The van der Waals surface area contributed by atoms with Gasteiger partial charge in [-0.15, -0.1) is 0 Å². The highest BCUT2D eigenvalue weighted by molar-refractivity contribution is 6.31. The first-order valence-electron chi connectivity index (χ1n) is 7.00. The van der Waals surface area contributed by atoms with Crippen molar-refractivity contribution in [2.45, 2.75) is 19.5 Å². The van der Waals surface area contributed by atoms with Crippen LogP contribution in [-0.2, 0) is 6.54 Å². The zero-order valence-electron chi connectivity index (χ0n) is 12.5. The van der Waals surface area contributed by atoms with E-state index in [4.69, 9.17) is 11.6 Å². The fourth-order valence-corrected chi connectivity index (χ4v) is 2.53. The summed E-state index contributed by atoms with van der Waals surface area (Å²) in [6, 6.07) is 11.7. The minimum absolute atomic E-state index is 0.0308. The van der Waals surface area contributed by atoms with Crippen LogP contribution in [0.15, 0.2) is 42.5 Å². The molecule has 2 rings (SSSR count). The lowest BCUT2D eigenvalue weighted by atomic mass is 10.1. The smallest absolute Gasteiger partial charge is 0.251 e. The maximum Gasteiger partial charge on any atom is 0.251 e. The number of benzene rings is 2. The number of carbonyl (C=O) groups excluding carboxylic acids is 1. The van der Waals surface area contributed by atoms with Crippen molar-refractivity contribution in [2.24, 2.45) is 0 Å². The van der Waals surface area contributed by atoms with Gasteiger partial charge < -0.3 is 10.6 Å². The van der Waals surface area contributed by atoms with Crippen molar-refractivity contribution in [1.82, 2.24) is 10.6 Å². The number of halogens is 2. The van der Waals surface area contributed by atoms with Crippen LogP contribution >= 0.6 is 11.6 Å². The lowest BCUT2D eigenvalue weighted by Crippen LogP contribution is -2.20. The summed E-state index contributed by atoms with van der Waals surface area (Å²) in [5.74, 6) is -0.462. The van der Waals surface area contributed by atoms with Crippen LogP contribution in [0.2, 0.25) is 5.02 Å². The van der Waals surface area contributed by atoms with Crippen LogP contribution in [0.1, 0.15) is 34.5 Å². The van der Waals surface area contributed by atoms with Crippen LogP contribution in [0.3, 0.4) is 0 Å². The average Bonchev–Trinajstić information content (AvgIpc) is 2.52. The third-order valence-corrected chi connectivity index (χ3v) is 3.78. The molecule has 116 valence electrons. The topological polar surface area (TPSA) is 41.1 Å². The first kappa shape index (κ1) is 16.5. The highest BCUT2D eigenvalue weighted by Gasteiger charge is 2.10. The number of rotatable bonds is 5. The van der Waals surface area contributed by atoms with Gasteiger partial charge >= 0.3 is 0 Å². The molecule has 2 aromatic carbocycles. The predicted octanol–water partition coefficient (Wildman–Crippen LogP) is 3.69. The van der Waals surface area contributed by atoms with E-state index >= 15 is 0 Å². The molecule has 0 aromatic heterocycles. The molecule has 2 aromatic rings. The van der Waals surface area contributed by atoms with E-state index in [2.05, 4.69) is 10.6 Å². The van der Waals surface area contributed by atoms with Crippen LogP contribution in [0.25, 0.3) is 0 Å². The highest BCUT2D eigenvalue weighted by atomic mass is 35.5. The van der Waals surface area contributed by atoms with Gasteiger partial charge in [-0.3, -0.25) is 4.79 Å². The molecule has 0 radical (unpaired) electrons. The molecule has 0 fully saturated rings. The summed E-state index contributed by atoms with van der Waals surface area (Å²) in [6.45, 7) is 2.54. The van der Waals surface area contributed by atoms with Crippen molar-refractivity contribution in [2.75, 3.05) is 7.05 Å². The molecule has 0 heterocycles. The second kappa shape index (κ2) is 7.38. The van der Waals surface area contributed by atoms with E-state index in [0.717, 1.165) is 11.1 Å². The molecule has 0 saturated carbocycles. The van der Waals surface area contributed by atoms with Gasteiger partial charge in [0.15, 0.2) is 0 Å². The Morgan fingerprint density at radius 2 is 2.05 bits per heavy atom. The minimum atomic E-state index is -0.348. The highest BCUT2D eigenvalue weighted by Crippen LogP contribution is 2.24. The van der Waals surface area contributed by atoms with Gasteiger partial charge in [0.1, 0.15) is 5.82 Å². The van der Waals surface area contributed by atoms with Crippen molar-refractivity contribution in [3.05, 3.63) is 70.0 Å². The molecule has 0 aliphatic heterocycles. The molecular formula is C17H18ClFN2O. The Hall–Kier alpha value is -1.91. The van der Waals surface area contributed by atoms with Gasteiger partial charge in [-0.25, -0.2) is 4.39 Å². The molecule has 1 amide bonds. The summed E-state index contributed by atoms with van der Waals surface area (Å²) in [4.78, 5) is 11.6. The van der Waals surface area contributed by atoms with Crippen molar-refractivity contribution in [1.29, 1.82) is 0 Å². The summed E-state index contributed by atoms with van der Waals surface area (Å²) >= 11 is 6.06. The van der Waals surface area contributed by atoms with Crippen LogP contribution in [-0.4, -0.2) is 13.0 Å². The number of hydrogen-bond donors (Lipinski definition) is 2. The van der Waals surface area contributed by atoms with E-state index in [1.165, 1.54) is 12.1 Å². The second-order valence-corrected chi connectivity index (χ2v) is 5.46. The monoisotopic (exact) mass is 320 g/mol. The fourth-order valence-electron chi connectivity index (χ4n) is 2.20. The second-order valence-electron chi connectivity index (χ2n) is 5.05. The zero-order valence-corrected chi connectivity index (χ0v) is 13.2. The van der Waals surface area contributed by atoms with Gasteiger partial charge in [0, 0.05) is 30.2 Å². The largest absolute Gasteiger partial charge is 0.355 e. The Bertz CT molecular complexity index is 675. The van der Waals surface area contributed by atoms with Gasteiger partial charge in [-0.2, -0.15) is 0 Å². The molecule has 3 nitrogen and oxygen atoms in total. The molecule has 5 heteroatoms. The SMILES string of the molecule is CNC(=O)c1cccc(CN[C@@H](C)c2ccc(F)cc2Cl)c1. The number of nitrogens with one attached hydrogen (secondary N) is 2. The third kappa shape index (κ3) is 4.06. The molecule has 0 unspecified atom stereocenters. The Morgan fingerprint density at radius 1 is 1.27 bits per heavy atom. The first-order chi connectivity index (χ1) is 10.5. The van der Waals surface area contributed by atoms with Gasteiger partial charge in [-0.1, -0.05) is 29.8 Å². The van der Waals surface area contributed by atoms with Crippen LogP contribution in [0.5, 0.6) is 0 Å². The Labute approximate surface area is 134 Å². The normalized spacial score (nSPS) is 12.0. The third-order valence-electron chi connectivity index (χ3n) is 3.46. The number of amides is 1. The van der Waals surface area contributed by atoms with Crippen molar-refractivity contribution in [3.8, 4) is 0 Å². The van der Waals surface area contributed by atoms with Gasteiger partial charge in [0.05, 0.1) is 0 Å². The van der Waals surface area contributed by atoms with E-state index in [1.807, 2.05) is 25.1 Å². The molecule has 0 aliphatic rings. The maximum absolute atomic E-state index is 13.1. The van der Waals surface area contributed by atoms with Gasteiger partial charge in [0.2, 0.25) is 0 Å². The molecule has 2 N–H and O–H groups in total. The van der Waals surface area contributed by atoms with Crippen LogP contribution in [0.4, 0.5) is 4.39 Å². The quantitative estimate of drug-likeness (QED) is 0.882. The molecule has 1 atom stereocenters. The maximum atomic E-state index is 13.1. The molecule has 0 bridgehead atoms. The zero-order chi connectivity index (χ0) is 16.1. The molecule has 0 spiro atoms. The molecule has 0 aliphatic carbocycles. The van der Waals surface area contributed by atoms with Crippen molar-refractivity contribution < 1.29 is 9.18 Å². The first-order valence-corrected chi connectivity index (χ1v) is 7.38. The summed E-state index contributed by atoms with van der Waals surface area (Å²) < 4.78 is 13.1. The molecule has 0 saturated heterocycles. The summed E-state index contributed by atoms with van der Waals surface area (Å²) in [7, 11) is 1.60. The number of carbonyl (C=O) groups is 1. The van der Waals surface area contributed by atoms with Gasteiger partial charge in [-0.05, 0) is 42.3 Å². The Balaban J connectivity index is 2.04. The van der Waals surface area contributed by atoms with E-state index in [9.17, 15) is 9.18 Å². The summed E-state index contributed by atoms with van der Waals surface area (Å²) in [6.07, 6.45) is 0. The van der Waals surface area contributed by atoms with E-state index in [1.54, 1.807) is 19.2 Å². The summed E-state index contributed by atoms with van der Waals surface area (Å²) in [5, 5.41) is 6.32. The number of hydrogen-bond acceptors (Lipinski definition) is 2. The predicted molar refractivity (Wildman–Crippen MR) is 86.5 cm³/mol. The Kier molecular flexibility index (Phi) is 5.52. The average molecular weight is 321 g/mol. The lowest BCUT2D eigenvalue weighted by Gasteiger charge is -2.16.